The Kier molecular flexibility index (Phi) is 2.81. The predicted octanol–water partition coefficient (Wildman–Crippen LogP) is 4.11. The molecule has 0 spiro atoms. The number of cyclic esters (lactones) is 1. The highest BCUT2D eigenvalue weighted by molar-refractivity contribution is 5.84. The van der Waals surface area contributed by atoms with Gasteiger partial charge in [0, 0.05) is 5.92 Å². The first-order valence-electron chi connectivity index (χ1n) is 7.88. The maximum atomic E-state index is 12.4. The average Bonchev–Trinajstić information content (AvgIpc) is 3.00. The molecule has 0 amide bonds. The van der Waals surface area contributed by atoms with E-state index in [0.717, 1.165) is 25.7 Å². The van der Waals surface area contributed by atoms with E-state index in [-0.39, 0.29) is 17.5 Å². The predicted molar refractivity (Wildman–Crippen MR) is 83.0 cm³/mol. The van der Waals surface area contributed by atoms with E-state index in [2.05, 4.69) is 49.4 Å². The largest absolute Gasteiger partial charge is 0.462 e. The summed E-state index contributed by atoms with van der Waals surface area (Å²) < 4.78 is 5.55. The van der Waals surface area contributed by atoms with Gasteiger partial charge in [-0.25, -0.2) is 0 Å². The summed E-state index contributed by atoms with van der Waals surface area (Å²) in [5, 5.41) is 2.50. The van der Waals surface area contributed by atoms with Crippen LogP contribution in [0.2, 0.25) is 0 Å². The summed E-state index contributed by atoms with van der Waals surface area (Å²) in [5.41, 5.74) is 0.994. The molecule has 2 fully saturated rings. The molecule has 2 aliphatic rings. The molecule has 2 aromatic carbocycles. The second-order valence-electron chi connectivity index (χ2n) is 6.62. The molecule has 21 heavy (non-hydrogen) atoms. The Morgan fingerprint density at radius 1 is 1.19 bits per heavy atom. The number of carbonyl (C=O) groups is 1. The fourth-order valence-corrected chi connectivity index (χ4v) is 4.41. The van der Waals surface area contributed by atoms with E-state index in [1.54, 1.807) is 0 Å². The molecule has 2 nitrogen and oxygen atoms in total. The van der Waals surface area contributed by atoms with Gasteiger partial charge in [-0.05, 0) is 42.5 Å². The standard InChI is InChI=1S/C19H20O2/c1-13-17-7-4-10-19(17,18(20)21-13)12-14-8-9-15-5-2-3-6-16(15)11-14/h2-3,5-6,8-9,11,13,17H,4,7,10,12H2,1H3/t13-,17-,19+/m1/s1. The molecule has 3 atom stereocenters. The lowest BCUT2D eigenvalue weighted by Crippen LogP contribution is -2.32. The zero-order valence-corrected chi connectivity index (χ0v) is 12.3. The van der Waals surface area contributed by atoms with Gasteiger partial charge in [-0.1, -0.05) is 48.9 Å². The van der Waals surface area contributed by atoms with Crippen LogP contribution in [0.4, 0.5) is 0 Å². The number of benzene rings is 2. The van der Waals surface area contributed by atoms with E-state index in [9.17, 15) is 4.79 Å². The van der Waals surface area contributed by atoms with Gasteiger partial charge in [0.15, 0.2) is 0 Å². The summed E-state index contributed by atoms with van der Waals surface area (Å²) in [7, 11) is 0. The van der Waals surface area contributed by atoms with Crippen molar-refractivity contribution in [2.24, 2.45) is 11.3 Å². The third-order valence-corrected chi connectivity index (χ3v) is 5.45. The van der Waals surface area contributed by atoms with Crippen LogP contribution in [0.1, 0.15) is 31.7 Å². The molecular formula is C19H20O2. The van der Waals surface area contributed by atoms with Crippen molar-refractivity contribution in [1.29, 1.82) is 0 Å². The molecule has 0 aromatic heterocycles. The second kappa shape index (κ2) is 4.59. The van der Waals surface area contributed by atoms with E-state index < -0.39 is 0 Å². The van der Waals surface area contributed by atoms with Crippen molar-refractivity contribution in [1.82, 2.24) is 0 Å². The number of carbonyl (C=O) groups excluding carboxylic acids is 1. The highest BCUT2D eigenvalue weighted by atomic mass is 16.6. The monoisotopic (exact) mass is 280 g/mol. The molecule has 1 aliphatic carbocycles. The lowest BCUT2D eigenvalue weighted by molar-refractivity contribution is -0.148. The smallest absolute Gasteiger partial charge is 0.313 e. The minimum Gasteiger partial charge on any atom is -0.462 e. The third kappa shape index (κ3) is 1.89. The van der Waals surface area contributed by atoms with E-state index in [1.807, 2.05) is 0 Å². The van der Waals surface area contributed by atoms with Gasteiger partial charge in [-0.2, -0.15) is 0 Å². The zero-order valence-electron chi connectivity index (χ0n) is 12.3. The van der Waals surface area contributed by atoms with Gasteiger partial charge in [0.05, 0.1) is 5.41 Å². The van der Waals surface area contributed by atoms with Gasteiger partial charge in [-0.15, -0.1) is 0 Å². The molecule has 4 rings (SSSR count). The molecule has 1 heterocycles. The summed E-state index contributed by atoms with van der Waals surface area (Å²) in [4.78, 5) is 12.4. The molecule has 2 aromatic rings. The molecule has 0 radical (unpaired) electrons. The van der Waals surface area contributed by atoms with Gasteiger partial charge in [0.2, 0.25) is 0 Å². The zero-order chi connectivity index (χ0) is 14.4. The molecule has 0 unspecified atom stereocenters. The van der Waals surface area contributed by atoms with Gasteiger partial charge in [0.1, 0.15) is 6.10 Å². The minimum absolute atomic E-state index is 0.0330. The SMILES string of the molecule is C[C@H]1OC(=O)[C@]2(Cc3ccc4ccccc4c3)CCC[C@H]12. The lowest BCUT2D eigenvalue weighted by Gasteiger charge is -2.25. The molecule has 1 saturated carbocycles. The Bertz CT molecular complexity index is 706. The Morgan fingerprint density at radius 2 is 2.00 bits per heavy atom. The number of hydrogen-bond acceptors (Lipinski definition) is 2. The van der Waals surface area contributed by atoms with Crippen LogP contribution in [0, 0.1) is 11.3 Å². The molecule has 0 bridgehead atoms. The molecule has 1 aliphatic heterocycles. The Balaban J connectivity index is 1.71. The fourth-order valence-electron chi connectivity index (χ4n) is 4.41. The van der Waals surface area contributed by atoms with Crippen molar-refractivity contribution in [3.05, 3.63) is 48.0 Å². The quantitative estimate of drug-likeness (QED) is 0.774. The number of esters is 1. The van der Waals surface area contributed by atoms with E-state index >= 15 is 0 Å². The average molecular weight is 280 g/mol. The number of hydrogen-bond donors (Lipinski definition) is 0. The molecule has 0 N–H and O–H groups in total. The first-order chi connectivity index (χ1) is 10.2. The van der Waals surface area contributed by atoms with Gasteiger partial charge >= 0.3 is 5.97 Å². The summed E-state index contributed by atoms with van der Waals surface area (Å²) in [6.07, 6.45) is 4.16. The van der Waals surface area contributed by atoms with E-state index in [4.69, 9.17) is 4.74 Å². The fraction of sp³-hybridized carbons (Fsp3) is 0.421. The first-order valence-corrected chi connectivity index (χ1v) is 7.88. The van der Waals surface area contributed by atoms with Crippen molar-refractivity contribution in [3.63, 3.8) is 0 Å². The van der Waals surface area contributed by atoms with Crippen molar-refractivity contribution < 1.29 is 9.53 Å². The first kappa shape index (κ1) is 12.9. The van der Waals surface area contributed by atoms with Crippen LogP contribution >= 0.6 is 0 Å². The highest BCUT2D eigenvalue weighted by Crippen LogP contribution is 2.53. The highest BCUT2D eigenvalue weighted by Gasteiger charge is 2.57. The third-order valence-electron chi connectivity index (χ3n) is 5.45. The minimum atomic E-state index is -0.262. The van der Waals surface area contributed by atoms with Gasteiger partial charge in [0.25, 0.3) is 0 Å². The van der Waals surface area contributed by atoms with Crippen LogP contribution in [0.15, 0.2) is 42.5 Å². The summed E-state index contributed by atoms with van der Waals surface area (Å²) in [6.45, 7) is 2.05. The number of fused-ring (bicyclic) bond motifs is 2. The number of ether oxygens (including phenoxy) is 1. The van der Waals surface area contributed by atoms with E-state index in [1.165, 1.54) is 16.3 Å². The Hall–Kier alpha value is -1.83. The maximum absolute atomic E-state index is 12.4. The molecule has 108 valence electrons. The molecule has 2 heteroatoms. The molecule has 1 saturated heterocycles. The van der Waals surface area contributed by atoms with Crippen LogP contribution in [-0.2, 0) is 16.0 Å². The van der Waals surface area contributed by atoms with Crippen LogP contribution in [0.5, 0.6) is 0 Å². The normalized spacial score (nSPS) is 31.4. The van der Waals surface area contributed by atoms with Gasteiger partial charge in [-0.3, -0.25) is 4.79 Å². The van der Waals surface area contributed by atoms with Crippen LogP contribution in [0.3, 0.4) is 0 Å². The van der Waals surface area contributed by atoms with Crippen LogP contribution < -0.4 is 0 Å². The van der Waals surface area contributed by atoms with Crippen LogP contribution in [0.25, 0.3) is 10.8 Å². The second-order valence-corrected chi connectivity index (χ2v) is 6.62. The summed E-state index contributed by atoms with van der Waals surface area (Å²) in [6, 6.07) is 15.0. The van der Waals surface area contributed by atoms with E-state index in [0.29, 0.717) is 5.92 Å². The molecular weight excluding hydrogens is 260 g/mol. The van der Waals surface area contributed by atoms with Gasteiger partial charge < -0.3 is 4.74 Å². The van der Waals surface area contributed by atoms with Crippen molar-refractivity contribution >= 4 is 16.7 Å². The van der Waals surface area contributed by atoms with Crippen LogP contribution in [-0.4, -0.2) is 12.1 Å². The maximum Gasteiger partial charge on any atom is 0.313 e. The number of rotatable bonds is 2. The summed E-state index contributed by atoms with van der Waals surface area (Å²) >= 11 is 0. The Labute approximate surface area is 125 Å². The van der Waals surface area contributed by atoms with Crippen molar-refractivity contribution in [3.8, 4) is 0 Å². The van der Waals surface area contributed by atoms with Crippen molar-refractivity contribution in [2.45, 2.75) is 38.7 Å². The lowest BCUT2D eigenvalue weighted by atomic mass is 9.73. The Morgan fingerprint density at radius 3 is 2.86 bits per heavy atom. The topological polar surface area (TPSA) is 26.3 Å². The summed E-state index contributed by atoms with van der Waals surface area (Å²) in [5.74, 6) is 0.433. The van der Waals surface area contributed by atoms with Crippen molar-refractivity contribution in [2.75, 3.05) is 0 Å².